The van der Waals surface area contributed by atoms with E-state index in [-0.39, 0.29) is 5.75 Å². The number of thioether (sulfide) groups is 1. The van der Waals surface area contributed by atoms with Crippen molar-refractivity contribution in [2.45, 2.75) is 4.34 Å². The molecule has 3 nitrogen and oxygen atoms in total. The van der Waals surface area contributed by atoms with E-state index in [4.69, 9.17) is 28.3 Å². The minimum Gasteiger partial charge on any atom is -0.481 e. The van der Waals surface area contributed by atoms with Gasteiger partial charge >= 0.3 is 5.97 Å². The topological polar surface area (TPSA) is 50.2 Å². The first-order valence-electron chi connectivity index (χ1n) is 4.82. The molecule has 0 saturated heterocycles. The van der Waals surface area contributed by atoms with E-state index in [0.29, 0.717) is 14.4 Å². The summed E-state index contributed by atoms with van der Waals surface area (Å²) < 4.78 is 0.707. The average Bonchev–Trinajstić information content (AvgIpc) is 2.75. The van der Waals surface area contributed by atoms with Gasteiger partial charge in [-0.15, -0.1) is 11.3 Å². The summed E-state index contributed by atoms with van der Waals surface area (Å²) in [4.78, 5) is 14.8. The van der Waals surface area contributed by atoms with Gasteiger partial charge in [0, 0.05) is 16.0 Å². The fraction of sp³-hybridized carbons (Fsp3) is 0.0909. The van der Waals surface area contributed by atoms with Crippen LogP contribution in [0.15, 0.2) is 27.9 Å². The van der Waals surface area contributed by atoms with Gasteiger partial charge in [-0.25, -0.2) is 4.98 Å². The molecule has 0 atom stereocenters. The van der Waals surface area contributed by atoms with E-state index in [1.165, 1.54) is 23.1 Å². The quantitative estimate of drug-likeness (QED) is 0.854. The number of rotatable bonds is 4. The van der Waals surface area contributed by atoms with Crippen molar-refractivity contribution < 1.29 is 9.90 Å². The van der Waals surface area contributed by atoms with Gasteiger partial charge in [-0.2, -0.15) is 0 Å². The summed E-state index contributed by atoms with van der Waals surface area (Å²) in [5, 5.41) is 11.5. The number of carboxylic acids is 1. The van der Waals surface area contributed by atoms with E-state index in [0.717, 1.165) is 11.3 Å². The Morgan fingerprint density at radius 3 is 2.89 bits per heavy atom. The van der Waals surface area contributed by atoms with Crippen LogP contribution in [0.4, 0.5) is 0 Å². The number of aromatic nitrogens is 1. The first kappa shape index (κ1) is 13.7. The predicted octanol–water partition coefficient (Wildman–Crippen LogP) is 4.29. The van der Waals surface area contributed by atoms with Crippen LogP contribution in [0.5, 0.6) is 0 Å². The van der Waals surface area contributed by atoms with Crippen LogP contribution in [0.25, 0.3) is 11.3 Å². The molecule has 1 heterocycles. The van der Waals surface area contributed by atoms with Gasteiger partial charge in [0.15, 0.2) is 4.34 Å². The van der Waals surface area contributed by atoms with Crippen molar-refractivity contribution in [1.82, 2.24) is 4.98 Å². The number of carbonyl (C=O) groups is 1. The molecule has 0 saturated carbocycles. The molecule has 1 aromatic carbocycles. The maximum absolute atomic E-state index is 10.5. The largest absolute Gasteiger partial charge is 0.481 e. The van der Waals surface area contributed by atoms with E-state index < -0.39 is 5.97 Å². The summed E-state index contributed by atoms with van der Waals surface area (Å²) in [6.07, 6.45) is 0. The number of carboxylic acid groups (broad SMARTS) is 1. The van der Waals surface area contributed by atoms with Gasteiger partial charge in [0.25, 0.3) is 0 Å². The molecule has 0 radical (unpaired) electrons. The summed E-state index contributed by atoms with van der Waals surface area (Å²) in [5.41, 5.74) is 1.52. The molecule has 18 heavy (non-hydrogen) atoms. The lowest BCUT2D eigenvalue weighted by molar-refractivity contribution is -0.133. The first-order chi connectivity index (χ1) is 8.56. The molecule has 0 spiro atoms. The van der Waals surface area contributed by atoms with Crippen LogP contribution >= 0.6 is 46.3 Å². The number of halogens is 2. The zero-order valence-corrected chi connectivity index (χ0v) is 12.0. The van der Waals surface area contributed by atoms with Gasteiger partial charge in [0.2, 0.25) is 0 Å². The summed E-state index contributed by atoms with van der Waals surface area (Å²) in [5.74, 6) is -0.859. The van der Waals surface area contributed by atoms with Crippen LogP contribution in [0, 0.1) is 0 Å². The Labute approximate surface area is 122 Å². The van der Waals surface area contributed by atoms with Gasteiger partial charge in [-0.1, -0.05) is 35.0 Å². The Bertz CT molecular complexity index is 586. The highest BCUT2D eigenvalue weighted by atomic mass is 35.5. The zero-order valence-electron chi connectivity index (χ0n) is 8.89. The molecule has 0 aliphatic heterocycles. The molecule has 1 aromatic heterocycles. The van der Waals surface area contributed by atoms with Crippen molar-refractivity contribution in [3.63, 3.8) is 0 Å². The van der Waals surface area contributed by atoms with Crippen molar-refractivity contribution in [2.75, 3.05) is 5.75 Å². The number of nitrogens with zero attached hydrogens (tertiary/aromatic N) is 1. The van der Waals surface area contributed by atoms with E-state index in [2.05, 4.69) is 4.98 Å². The van der Waals surface area contributed by atoms with Gasteiger partial charge < -0.3 is 5.11 Å². The van der Waals surface area contributed by atoms with Crippen molar-refractivity contribution in [1.29, 1.82) is 0 Å². The van der Waals surface area contributed by atoms with E-state index in [1.807, 2.05) is 5.38 Å². The van der Waals surface area contributed by atoms with E-state index in [9.17, 15) is 4.79 Å². The zero-order chi connectivity index (χ0) is 13.1. The molecule has 2 aromatic rings. The van der Waals surface area contributed by atoms with Gasteiger partial charge in [0.05, 0.1) is 16.5 Å². The maximum Gasteiger partial charge on any atom is 0.313 e. The molecular formula is C11H7Cl2NO2S2. The molecule has 94 valence electrons. The highest BCUT2D eigenvalue weighted by Gasteiger charge is 2.10. The van der Waals surface area contributed by atoms with Crippen molar-refractivity contribution in [3.8, 4) is 11.3 Å². The minimum atomic E-state index is -0.860. The Kier molecular flexibility index (Phi) is 4.50. The Hall–Kier alpha value is -0.750. The van der Waals surface area contributed by atoms with Crippen molar-refractivity contribution in [3.05, 3.63) is 33.6 Å². The second kappa shape index (κ2) is 5.93. The summed E-state index contributed by atoms with van der Waals surface area (Å²) in [6, 6.07) is 5.19. The first-order valence-corrected chi connectivity index (χ1v) is 7.44. The highest BCUT2D eigenvalue weighted by Crippen LogP contribution is 2.33. The van der Waals surface area contributed by atoms with Gasteiger partial charge in [0.1, 0.15) is 0 Å². The third-order valence-electron chi connectivity index (χ3n) is 2.01. The normalized spacial score (nSPS) is 10.6. The lowest BCUT2D eigenvalue weighted by Crippen LogP contribution is -1.96. The number of benzene rings is 1. The highest BCUT2D eigenvalue weighted by molar-refractivity contribution is 8.01. The molecule has 0 fully saturated rings. The van der Waals surface area contributed by atoms with E-state index >= 15 is 0 Å². The minimum absolute atomic E-state index is 0.00129. The maximum atomic E-state index is 10.5. The number of aliphatic carboxylic acids is 1. The molecular weight excluding hydrogens is 313 g/mol. The van der Waals surface area contributed by atoms with Gasteiger partial charge in [-0.05, 0) is 18.2 Å². The van der Waals surface area contributed by atoms with Crippen LogP contribution in [0.1, 0.15) is 0 Å². The molecule has 0 unspecified atom stereocenters. The van der Waals surface area contributed by atoms with Crippen LogP contribution in [0.2, 0.25) is 10.0 Å². The fourth-order valence-corrected chi connectivity index (χ4v) is 3.32. The standard InChI is InChI=1S/C11H7Cl2NO2S2/c12-6-1-2-7(8(13)3-6)9-4-17-11(14-9)18-5-10(15)16/h1-4H,5H2,(H,15,16). The second-order valence-corrected chi connectivity index (χ2v) is 6.23. The molecule has 1 N–H and O–H groups in total. The predicted molar refractivity (Wildman–Crippen MR) is 75.9 cm³/mol. The molecule has 0 bridgehead atoms. The van der Waals surface area contributed by atoms with E-state index in [1.54, 1.807) is 18.2 Å². The molecule has 2 rings (SSSR count). The lowest BCUT2D eigenvalue weighted by atomic mass is 10.2. The van der Waals surface area contributed by atoms with Crippen LogP contribution in [0.3, 0.4) is 0 Å². The second-order valence-electron chi connectivity index (χ2n) is 3.31. The smallest absolute Gasteiger partial charge is 0.313 e. The van der Waals surface area contributed by atoms with Crippen molar-refractivity contribution in [2.24, 2.45) is 0 Å². The average molecular weight is 320 g/mol. The Balaban J connectivity index is 2.21. The molecule has 0 aliphatic rings. The van der Waals surface area contributed by atoms with Gasteiger partial charge in [-0.3, -0.25) is 4.79 Å². The third-order valence-corrected chi connectivity index (χ3v) is 4.56. The number of hydrogen-bond donors (Lipinski definition) is 1. The van der Waals surface area contributed by atoms with Crippen LogP contribution in [-0.2, 0) is 4.79 Å². The lowest BCUT2D eigenvalue weighted by Gasteiger charge is -2.00. The Morgan fingerprint density at radius 1 is 1.44 bits per heavy atom. The summed E-state index contributed by atoms with van der Waals surface area (Å²) in [7, 11) is 0. The monoisotopic (exact) mass is 319 g/mol. The Morgan fingerprint density at radius 2 is 2.22 bits per heavy atom. The van der Waals surface area contributed by atoms with Crippen molar-refractivity contribution >= 4 is 52.3 Å². The fourth-order valence-electron chi connectivity index (χ4n) is 1.27. The number of hydrogen-bond acceptors (Lipinski definition) is 4. The summed E-state index contributed by atoms with van der Waals surface area (Å²) >= 11 is 14.5. The number of thiazole rings is 1. The summed E-state index contributed by atoms with van der Waals surface area (Å²) in [6.45, 7) is 0. The van der Waals surface area contributed by atoms with Crippen LogP contribution in [-0.4, -0.2) is 21.8 Å². The molecule has 0 aliphatic carbocycles. The third kappa shape index (κ3) is 3.38. The molecule has 7 heteroatoms. The SMILES string of the molecule is O=C(O)CSc1nc(-c2ccc(Cl)cc2Cl)cs1. The van der Waals surface area contributed by atoms with Crippen LogP contribution < -0.4 is 0 Å². The molecule has 0 amide bonds.